The van der Waals surface area contributed by atoms with Crippen molar-refractivity contribution in [3.05, 3.63) is 16.4 Å². The molecule has 3 nitrogen and oxygen atoms in total. The highest BCUT2D eigenvalue weighted by Crippen LogP contribution is 2.31. The van der Waals surface area contributed by atoms with E-state index in [4.69, 9.17) is 0 Å². The molecular weight excluding hydrogens is 323 g/mol. The van der Waals surface area contributed by atoms with Crippen LogP contribution in [-0.2, 0) is 6.54 Å². The quantitative estimate of drug-likeness (QED) is 0.810. The number of hydrogen-bond acceptors (Lipinski definition) is 2. The van der Waals surface area contributed by atoms with Crippen molar-refractivity contribution in [2.45, 2.75) is 51.9 Å². The lowest BCUT2D eigenvalue weighted by Gasteiger charge is -2.20. The fourth-order valence-electron chi connectivity index (χ4n) is 2.00. The van der Waals surface area contributed by atoms with Gasteiger partial charge in [0.15, 0.2) is 0 Å². The van der Waals surface area contributed by atoms with Crippen LogP contribution in [0.15, 0.2) is 10.7 Å². The van der Waals surface area contributed by atoms with Gasteiger partial charge in [-0.05, 0) is 35.3 Å². The van der Waals surface area contributed by atoms with E-state index in [0.717, 1.165) is 16.6 Å². The molecule has 0 aliphatic carbocycles. The summed E-state index contributed by atoms with van der Waals surface area (Å²) in [5.41, 5.74) is 0.799. The average molecular weight is 342 g/mol. The van der Waals surface area contributed by atoms with E-state index in [0.29, 0.717) is 13.1 Å². The van der Waals surface area contributed by atoms with Crippen LogP contribution < -0.4 is 5.32 Å². The van der Waals surface area contributed by atoms with Gasteiger partial charge < -0.3 is 5.32 Å². The number of nitrogens with zero attached hydrogens (tertiary/aromatic N) is 2. The van der Waals surface area contributed by atoms with Crippen LogP contribution in [0, 0.1) is 0 Å². The lowest BCUT2D eigenvalue weighted by molar-refractivity contribution is -0.136. The molecule has 1 rings (SSSR count). The van der Waals surface area contributed by atoms with Gasteiger partial charge >= 0.3 is 6.18 Å². The first-order chi connectivity index (χ1) is 8.89. The van der Waals surface area contributed by atoms with Crippen molar-refractivity contribution >= 4 is 15.9 Å². The van der Waals surface area contributed by atoms with Crippen molar-refractivity contribution in [2.24, 2.45) is 0 Å². The van der Waals surface area contributed by atoms with Crippen LogP contribution >= 0.6 is 15.9 Å². The van der Waals surface area contributed by atoms with E-state index < -0.39 is 12.6 Å². The normalized spacial score (nSPS) is 13.8. The molecule has 0 fully saturated rings. The number of alkyl halides is 3. The van der Waals surface area contributed by atoms with Gasteiger partial charge in [-0.3, -0.25) is 4.68 Å². The summed E-state index contributed by atoms with van der Waals surface area (Å²) in [7, 11) is 0. The third-order valence-electron chi connectivity index (χ3n) is 2.77. The number of hydrogen-bond donors (Lipinski definition) is 1. The molecule has 0 aromatic carbocycles. The van der Waals surface area contributed by atoms with Crippen molar-refractivity contribution in [1.29, 1.82) is 0 Å². The third kappa shape index (κ3) is 5.14. The Morgan fingerprint density at radius 2 is 2.11 bits per heavy atom. The van der Waals surface area contributed by atoms with Crippen LogP contribution in [0.25, 0.3) is 0 Å². The van der Waals surface area contributed by atoms with E-state index in [1.165, 1.54) is 0 Å². The van der Waals surface area contributed by atoms with Crippen molar-refractivity contribution in [3.63, 3.8) is 0 Å². The molecule has 7 heteroatoms. The van der Waals surface area contributed by atoms with Gasteiger partial charge in [-0.25, -0.2) is 0 Å². The maximum atomic E-state index is 12.4. The minimum Gasteiger partial charge on any atom is -0.309 e. The predicted molar refractivity (Wildman–Crippen MR) is 71.9 cm³/mol. The van der Waals surface area contributed by atoms with Crippen LogP contribution in [0.3, 0.4) is 0 Å². The second-order valence-corrected chi connectivity index (χ2v) is 5.22. The van der Waals surface area contributed by atoms with E-state index in [1.807, 2.05) is 13.8 Å². The lowest BCUT2D eigenvalue weighted by Crippen LogP contribution is -2.26. The molecule has 1 unspecified atom stereocenters. The number of aryl methyl sites for hydroxylation is 1. The SMILES string of the molecule is CCCn1ncc(Br)c1C(CCC(F)(F)F)NCC. The van der Waals surface area contributed by atoms with Crippen molar-refractivity contribution in [3.8, 4) is 0 Å². The Morgan fingerprint density at radius 1 is 1.42 bits per heavy atom. The fourth-order valence-corrected chi connectivity index (χ4v) is 2.57. The highest BCUT2D eigenvalue weighted by molar-refractivity contribution is 9.10. The van der Waals surface area contributed by atoms with Gasteiger partial charge in [0, 0.05) is 13.0 Å². The highest BCUT2D eigenvalue weighted by atomic mass is 79.9. The van der Waals surface area contributed by atoms with Crippen molar-refractivity contribution < 1.29 is 13.2 Å². The van der Waals surface area contributed by atoms with Gasteiger partial charge in [-0.1, -0.05) is 13.8 Å². The molecule has 110 valence electrons. The highest BCUT2D eigenvalue weighted by Gasteiger charge is 2.30. The van der Waals surface area contributed by atoms with Gasteiger partial charge in [0.25, 0.3) is 0 Å². The summed E-state index contributed by atoms with van der Waals surface area (Å²) in [5, 5.41) is 7.31. The van der Waals surface area contributed by atoms with Gasteiger partial charge in [-0.15, -0.1) is 0 Å². The topological polar surface area (TPSA) is 29.9 Å². The van der Waals surface area contributed by atoms with E-state index in [-0.39, 0.29) is 12.5 Å². The van der Waals surface area contributed by atoms with E-state index in [9.17, 15) is 13.2 Å². The number of rotatable bonds is 7. The molecule has 1 aromatic heterocycles. The van der Waals surface area contributed by atoms with Crippen LogP contribution in [-0.4, -0.2) is 22.5 Å². The second-order valence-electron chi connectivity index (χ2n) is 4.37. The molecule has 1 aromatic rings. The van der Waals surface area contributed by atoms with Gasteiger partial charge in [0.1, 0.15) is 0 Å². The average Bonchev–Trinajstić information content (AvgIpc) is 2.66. The van der Waals surface area contributed by atoms with Crippen molar-refractivity contribution in [2.75, 3.05) is 6.54 Å². The summed E-state index contributed by atoms with van der Waals surface area (Å²) in [6.07, 6.45) is -2.38. The molecule has 0 radical (unpaired) electrons. The Labute approximate surface area is 119 Å². The summed E-state index contributed by atoms with van der Waals surface area (Å²) in [6, 6.07) is -0.338. The Bertz CT molecular complexity index is 390. The van der Waals surface area contributed by atoms with Crippen LogP contribution in [0.4, 0.5) is 13.2 Å². The summed E-state index contributed by atoms with van der Waals surface area (Å²) in [6.45, 7) is 5.22. The van der Waals surface area contributed by atoms with Crippen LogP contribution in [0.1, 0.15) is 44.8 Å². The molecule has 0 saturated carbocycles. The Hall–Kier alpha value is -0.560. The minimum atomic E-state index is -4.13. The maximum Gasteiger partial charge on any atom is 0.389 e. The van der Waals surface area contributed by atoms with Gasteiger partial charge in [-0.2, -0.15) is 18.3 Å². The van der Waals surface area contributed by atoms with E-state index in [1.54, 1.807) is 10.9 Å². The predicted octanol–water partition coefficient (Wildman–Crippen LogP) is 4.05. The zero-order valence-electron chi connectivity index (χ0n) is 11.1. The largest absolute Gasteiger partial charge is 0.389 e. The number of halogens is 4. The molecule has 1 N–H and O–H groups in total. The standard InChI is InChI=1S/C12H19BrF3N3/c1-3-7-19-11(9(13)8-18-19)10(17-4-2)5-6-12(14,15)16/h8,10,17H,3-7H2,1-2H3. The molecule has 1 heterocycles. The third-order valence-corrected chi connectivity index (χ3v) is 3.38. The molecule has 0 saturated heterocycles. The Kier molecular flexibility index (Phi) is 6.32. The fraction of sp³-hybridized carbons (Fsp3) is 0.750. The maximum absolute atomic E-state index is 12.4. The zero-order valence-corrected chi connectivity index (χ0v) is 12.7. The van der Waals surface area contributed by atoms with Crippen LogP contribution in [0.5, 0.6) is 0 Å². The van der Waals surface area contributed by atoms with Crippen LogP contribution in [0.2, 0.25) is 0 Å². The number of nitrogens with one attached hydrogen (secondary N) is 1. The monoisotopic (exact) mass is 341 g/mol. The molecular formula is C12H19BrF3N3. The molecule has 0 aliphatic rings. The van der Waals surface area contributed by atoms with E-state index >= 15 is 0 Å². The van der Waals surface area contributed by atoms with Gasteiger partial charge in [0.2, 0.25) is 0 Å². The first kappa shape index (κ1) is 16.5. The van der Waals surface area contributed by atoms with Crippen molar-refractivity contribution in [1.82, 2.24) is 15.1 Å². The molecule has 0 aliphatic heterocycles. The molecule has 19 heavy (non-hydrogen) atoms. The first-order valence-electron chi connectivity index (χ1n) is 6.40. The Morgan fingerprint density at radius 3 is 2.63 bits per heavy atom. The zero-order chi connectivity index (χ0) is 14.5. The summed E-state index contributed by atoms with van der Waals surface area (Å²) in [5.74, 6) is 0. The smallest absolute Gasteiger partial charge is 0.309 e. The number of aromatic nitrogens is 2. The summed E-state index contributed by atoms with van der Waals surface area (Å²) >= 11 is 3.37. The molecule has 1 atom stereocenters. The molecule has 0 amide bonds. The minimum absolute atomic E-state index is 0.0192. The second kappa shape index (κ2) is 7.28. The molecule has 0 spiro atoms. The Balaban J connectivity index is 2.88. The lowest BCUT2D eigenvalue weighted by atomic mass is 10.1. The van der Waals surface area contributed by atoms with Gasteiger partial charge in [0.05, 0.1) is 22.4 Å². The van der Waals surface area contributed by atoms with E-state index in [2.05, 4.69) is 26.3 Å². The molecule has 0 bridgehead atoms. The summed E-state index contributed by atoms with van der Waals surface area (Å²) in [4.78, 5) is 0. The first-order valence-corrected chi connectivity index (χ1v) is 7.19. The summed E-state index contributed by atoms with van der Waals surface area (Å²) < 4.78 is 39.7.